The van der Waals surface area contributed by atoms with Crippen LogP contribution < -0.4 is 4.90 Å². The van der Waals surface area contributed by atoms with E-state index in [4.69, 9.17) is 0 Å². The SMILES string of the molecule is Cc1ccc(N2CCC(C(=O)N3CCc4sccc4C3)CC2)nn1. The van der Waals surface area contributed by atoms with Crippen molar-refractivity contribution in [2.24, 2.45) is 5.92 Å². The number of hydrogen-bond acceptors (Lipinski definition) is 5. The van der Waals surface area contributed by atoms with Crippen molar-refractivity contribution < 1.29 is 4.79 Å². The molecule has 6 heteroatoms. The summed E-state index contributed by atoms with van der Waals surface area (Å²) in [5, 5.41) is 10.5. The highest BCUT2D eigenvalue weighted by molar-refractivity contribution is 7.10. The number of aromatic nitrogens is 2. The van der Waals surface area contributed by atoms with Crippen LogP contribution >= 0.6 is 11.3 Å². The summed E-state index contributed by atoms with van der Waals surface area (Å²) >= 11 is 1.82. The summed E-state index contributed by atoms with van der Waals surface area (Å²) < 4.78 is 0. The number of aryl methyl sites for hydroxylation is 1. The molecule has 0 bridgehead atoms. The Labute approximate surface area is 146 Å². The quantitative estimate of drug-likeness (QED) is 0.842. The molecule has 2 aromatic rings. The van der Waals surface area contributed by atoms with Gasteiger partial charge < -0.3 is 9.80 Å². The van der Waals surface area contributed by atoms with Crippen LogP contribution in [-0.4, -0.2) is 40.6 Å². The Morgan fingerprint density at radius 1 is 1.17 bits per heavy atom. The fourth-order valence-electron chi connectivity index (χ4n) is 3.61. The Balaban J connectivity index is 1.36. The zero-order chi connectivity index (χ0) is 16.5. The van der Waals surface area contributed by atoms with Crippen molar-refractivity contribution in [1.82, 2.24) is 15.1 Å². The molecule has 2 aromatic heterocycles. The highest BCUT2D eigenvalue weighted by atomic mass is 32.1. The van der Waals surface area contributed by atoms with Gasteiger partial charge in [-0.1, -0.05) is 0 Å². The fourth-order valence-corrected chi connectivity index (χ4v) is 4.50. The number of hydrogen-bond donors (Lipinski definition) is 0. The van der Waals surface area contributed by atoms with Gasteiger partial charge in [0.05, 0.1) is 5.69 Å². The van der Waals surface area contributed by atoms with E-state index in [1.54, 1.807) is 0 Å². The van der Waals surface area contributed by atoms with Gasteiger partial charge in [0.25, 0.3) is 0 Å². The van der Waals surface area contributed by atoms with Crippen molar-refractivity contribution in [3.8, 4) is 0 Å². The predicted octanol–water partition coefficient (Wildman–Crippen LogP) is 2.65. The van der Waals surface area contributed by atoms with Gasteiger partial charge in [-0.25, -0.2) is 0 Å². The summed E-state index contributed by atoms with van der Waals surface area (Å²) in [4.78, 5) is 18.6. The summed E-state index contributed by atoms with van der Waals surface area (Å²) in [6, 6.07) is 6.18. The molecule has 4 rings (SSSR count). The molecular weight excluding hydrogens is 320 g/mol. The lowest BCUT2D eigenvalue weighted by atomic mass is 9.94. The summed E-state index contributed by atoms with van der Waals surface area (Å²) in [5.74, 6) is 1.41. The number of carbonyl (C=O) groups is 1. The Morgan fingerprint density at radius 3 is 2.75 bits per heavy atom. The first kappa shape index (κ1) is 15.6. The first-order chi connectivity index (χ1) is 11.7. The zero-order valence-corrected chi connectivity index (χ0v) is 14.8. The molecule has 24 heavy (non-hydrogen) atoms. The second-order valence-corrected chi connectivity index (χ2v) is 7.67. The zero-order valence-electron chi connectivity index (χ0n) is 13.9. The molecule has 2 aliphatic rings. The van der Waals surface area contributed by atoms with Crippen LogP contribution in [-0.2, 0) is 17.8 Å². The molecular formula is C18H22N4OS. The summed E-state index contributed by atoms with van der Waals surface area (Å²) in [7, 11) is 0. The molecule has 0 unspecified atom stereocenters. The third-order valence-electron chi connectivity index (χ3n) is 5.07. The van der Waals surface area contributed by atoms with Crippen LogP contribution in [0.1, 0.15) is 29.0 Å². The topological polar surface area (TPSA) is 49.3 Å². The maximum atomic E-state index is 12.9. The van der Waals surface area contributed by atoms with Crippen molar-refractivity contribution in [1.29, 1.82) is 0 Å². The lowest BCUT2D eigenvalue weighted by molar-refractivity contribution is -0.137. The van der Waals surface area contributed by atoms with Crippen molar-refractivity contribution in [3.63, 3.8) is 0 Å². The van der Waals surface area contributed by atoms with Crippen LogP contribution in [0.15, 0.2) is 23.6 Å². The van der Waals surface area contributed by atoms with E-state index in [2.05, 4.69) is 31.4 Å². The Morgan fingerprint density at radius 2 is 2.00 bits per heavy atom. The van der Waals surface area contributed by atoms with Gasteiger partial charge in [0.2, 0.25) is 5.91 Å². The molecule has 1 fully saturated rings. The Hall–Kier alpha value is -1.95. The van der Waals surface area contributed by atoms with Crippen molar-refractivity contribution in [2.45, 2.75) is 32.7 Å². The van der Waals surface area contributed by atoms with Crippen LogP contribution in [0.2, 0.25) is 0 Å². The van der Waals surface area contributed by atoms with Gasteiger partial charge >= 0.3 is 0 Å². The first-order valence-corrected chi connectivity index (χ1v) is 9.48. The van der Waals surface area contributed by atoms with E-state index >= 15 is 0 Å². The number of piperidine rings is 1. The van der Waals surface area contributed by atoms with Crippen molar-refractivity contribution >= 4 is 23.1 Å². The standard InChI is InChI=1S/C18H22N4OS/c1-13-2-3-17(20-19-13)21-8-4-14(5-9-21)18(23)22-10-6-16-15(12-22)7-11-24-16/h2-3,7,11,14H,4-6,8-10,12H2,1H3. The predicted molar refractivity (Wildman–Crippen MR) is 95.1 cm³/mol. The molecule has 0 atom stereocenters. The largest absolute Gasteiger partial charge is 0.355 e. The van der Waals surface area contributed by atoms with Gasteiger partial charge in [-0.3, -0.25) is 4.79 Å². The molecule has 126 valence electrons. The van der Waals surface area contributed by atoms with Crippen molar-refractivity contribution in [3.05, 3.63) is 39.7 Å². The normalized spacial score (nSPS) is 18.5. The molecule has 2 aliphatic heterocycles. The molecule has 5 nitrogen and oxygen atoms in total. The second kappa shape index (κ2) is 6.51. The van der Waals surface area contributed by atoms with Gasteiger partial charge in [0.15, 0.2) is 5.82 Å². The maximum absolute atomic E-state index is 12.9. The van der Waals surface area contributed by atoms with Crippen LogP contribution in [0, 0.1) is 12.8 Å². The smallest absolute Gasteiger partial charge is 0.226 e. The third-order valence-corrected chi connectivity index (χ3v) is 6.09. The number of anilines is 1. The first-order valence-electron chi connectivity index (χ1n) is 8.60. The number of rotatable bonds is 2. The van der Waals surface area contributed by atoms with E-state index < -0.39 is 0 Å². The van der Waals surface area contributed by atoms with Gasteiger partial charge in [0.1, 0.15) is 0 Å². The highest BCUT2D eigenvalue weighted by Crippen LogP contribution is 2.28. The maximum Gasteiger partial charge on any atom is 0.226 e. The number of fused-ring (bicyclic) bond motifs is 1. The molecule has 1 saturated heterocycles. The molecule has 0 aromatic carbocycles. The van der Waals surface area contributed by atoms with E-state index in [1.807, 2.05) is 30.4 Å². The second-order valence-electron chi connectivity index (χ2n) is 6.67. The average Bonchev–Trinajstić information content (AvgIpc) is 3.09. The Kier molecular flexibility index (Phi) is 4.22. The molecule has 0 N–H and O–H groups in total. The third kappa shape index (κ3) is 3.02. The number of nitrogens with zero attached hydrogens (tertiary/aromatic N) is 4. The van der Waals surface area contributed by atoms with E-state index in [-0.39, 0.29) is 5.92 Å². The van der Waals surface area contributed by atoms with Gasteiger partial charge in [-0.05, 0) is 55.3 Å². The van der Waals surface area contributed by atoms with Crippen LogP contribution in [0.3, 0.4) is 0 Å². The molecule has 4 heterocycles. The molecule has 0 saturated carbocycles. The van der Waals surface area contributed by atoms with E-state index in [9.17, 15) is 4.79 Å². The summed E-state index contributed by atoms with van der Waals surface area (Å²) in [6.45, 7) is 5.37. The van der Waals surface area contributed by atoms with Crippen LogP contribution in [0.4, 0.5) is 5.82 Å². The monoisotopic (exact) mass is 342 g/mol. The van der Waals surface area contributed by atoms with Gasteiger partial charge in [0, 0.05) is 37.0 Å². The molecule has 0 radical (unpaired) electrons. The lowest BCUT2D eigenvalue weighted by Gasteiger charge is -2.35. The lowest BCUT2D eigenvalue weighted by Crippen LogP contribution is -2.44. The van der Waals surface area contributed by atoms with Gasteiger partial charge in [-0.15, -0.1) is 16.4 Å². The fraction of sp³-hybridized carbons (Fsp3) is 0.500. The minimum absolute atomic E-state index is 0.153. The van der Waals surface area contributed by atoms with Gasteiger partial charge in [-0.2, -0.15) is 5.10 Å². The van der Waals surface area contributed by atoms with E-state index in [1.165, 1.54) is 10.4 Å². The minimum Gasteiger partial charge on any atom is -0.355 e. The molecule has 0 aliphatic carbocycles. The number of carbonyl (C=O) groups excluding carboxylic acids is 1. The minimum atomic E-state index is 0.153. The average molecular weight is 342 g/mol. The summed E-state index contributed by atoms with van der Waals surface area (Å²) in [6.07, 6.45) is 2.82. The van der Waals surface area contributed by atoms with Crippen molar-refractivity contribution in [2.75, 3.05) is 24.5 Å². The van der Waals surface area contributed by atoms with Crippen LogP contribution in [0.25, 0.3) is 0 Å². The van der Waals surface area contributed by atoms with Crippen LogP contribution in [0.5, 0.6) is 0 Å². The number of thiophene rings is 1. The Bertz CT molecular complexity index is 719. The molecule has 0 spiro atoms. The highest BCUT2D eigenvalue weighted by Gasteiger charge is 2.31. The summed E-state index contributed by atoms with van der Waals surface area (Å²) in [5.41, 5.74) is 2.27. The number of amides is 1. The van der Waals surface area contributed by atoms with E-state index in [0.29, 0.717) is 5.91 Å². The molecule has 1 amide bonds. The van der Waals surface area contributed by atoms with E-state index in [0.717, 1.165) is 57.0 Å².